The molecule has 0 radical (unpaired) electrons. The number of piperidine rings is 1. The third kappa shape index (κ3) is 2.90. The van der Waals surface area contributed by atoms with Gasteiger partial charge in [-0.25, -0.2) is 0 Å². The fraction of sp³-hybridized carbons (Fsp3) is 0.667. The molecule has 4 heteroatoms. The molecule has 0 saturated carbocycles. The van der Waals surface area contributed by atoms with Gasteiger partial charge in [-0.2, -0.15) is 0 Å². The zero-order chi connectivity index (χ0) is 14.2. The van der Waals surface area contributed by atoms with Gasteiger partial charge >= 0.3 is 0 Å². The number of hydrogen-bond donors (Lipinski definition) is 2. The topological polar surface area (TPSA) is 62.4 Å². The number of hydrogen-bond acceptors (Lipinski definition) is 4. The number of anilines is 1. The molecule has 1 saturated heterocycles. The number of rotatable bonds is 1. The quantitative estimate of drug-likeness (QED) is 0.806. The Bertz CT molecular complexity index is 429. The summed E-state index contributed by atoms with van der Waals surface area (Å²) in [4.78, 5) is 6.53. The molecular weight excluding hydrogens is 238 g/mol. The average molecular weight is 263 g/mol. The van der Waals surface area contributed by atoms with Crippen LogP contribution >= 0.6 is 0 Å². The van der Waals surface area contributed by atoms with Crippen LogP contribution in [0.25, 0.3) is 0 Å². The van der Waals surface area contributed by atoms with Gasteiger partial charge in [0.05, 0.1) is 6.10 Å². The summed E-state index contributed by atoms with van der Waals surface area (Å²) in [5, 5.41) is 9.98. The first-order chi connectivity index (χ1) is 8.80. The van der Waals surface area contributed by atoms with E-state index >= 15 is 0 Å². The Kier molecular flexibility index (Phi) is 3.83. The lowest BCUT2D eigenvalue weighted by Crippen LogP contribution is -2.56. The van der Waals surface area contributed by atoms with Gasteiger partial charge in [0.15, 0.2) is 0 Å². The van der Waals surface area contributed by atoms with Gasteiger partial charge < -0.3 is 15.7 Å². The lowest BCUT2D eigenvalue weighted by molar-refractivity contribution is 0.0784. The van der Waals surface area contributed by atoms with E-state index in [4.69, 9.17) is 5.73 Å². The summed E-state index contributed by atoms with van der Waals surface area (Å²) >= 11 is 0. The van der Waals surface area contributed by atoms with E-state index in [1.165, 1.54) is 11.3 Å². The van der Waals surface area contributed by atoms with Gasteiger partial charge in [-0.05, 0) is 17.0 Å². The summed E-state index contributed by atoms with van der Waals surface area (Å²) in [6, 6.07) is 1.86. The van der Waals surface area contributed by atoms with E-state index < -0.39 is 6.10 Å². The van der Waals surface area contributed by atoms with Gasteiger partial charge in [0.25, 0.3) is 0 Å². The van der Waals surface area contributed by atoms with Crippen LogP contribution in [-0.2, 0) is 5.41 Å². The van der Waals surface area contributed by atoms with Crippen molar-refractivity contribution in [2.24, 2.45) is 11.7 Å². The summed E-state index contributed by atoms with van der Waals surface area (Å²) in [7, 11) is 0. The molecule has 0 aliphatic carbocycles. The number of pyridine rings is 1. The molecule has 106 valence electrons. The average Bonchev–Trinajstić information content (AvgIpc) is 2.34. The van der Waals surface area contributed by atoms with Crippen LogP contribution in [-0.4, -0.2) is 35.3 Å². The van der Waals surface area contributed by atoms with E-state index in [0.717, 1.165) is 6.54 Å². The van der Waals surface area contributed by atoms with Crippen LogP contribution in [0.15, 0.2) is 18.5 Å². The Morgan fingerprint density at radius 2 is 2.05 bits per heavy atom. The van der Waals surface area contributed by atoms with Crippen molar-refractivity contribution in [1.82, 2.24) is 4.98 Å². The minimum absolute atomic E-state index is 0.0486. The molecule has 2 rings (SSSR count). The van der Waals surface area contributed by atoms with Crippen LogP contribution in [0.2, 0.25) is 0 Å². The first-order valence-corrected chi connectivity index (χ1v) is 6.94. The van der Waals surface area contributed by atoms with Gasteiger partial charge in [-0.1, -0.05) is 27.7 Å². The van der Waals surface area contributed by atoms with Crippen LogP contribution in [0.3, 0.4) is 0 Å². The molecule has 2 heterocycles. The number of aromatic nitrogens is 1. The van der Waals surface area contributed by atoms with Crippen LogP contribution in [0.4, 0.5) is 5.69 Å². The Morgan fingerprint density at radius 3 is 2.63 bits per heavy atom. The summed E-state index contributed by atoms with van der Waals surface area (Å²) < 4.78 is 0. The van der Waals surface area contributed by atoms with Gasteiger partial charge in [0, 0.05) is 43.1 Å². The lowest BCUT2D eigenvalue weighted by Gasteiger charge is -2.41. The van der Waals surface area contributed by atoms with Crippen molar-refractivity contribution in [3.63, 3.8) is 0 Å². The minimum Gasteiger partial charge on any atom is -0.391 e. The van der Waals surface area contributed by atoms with Crippen LogP contribution in [0, 0.1) is 5.92 Å². The zero-order valence-corrected chi connectivity index (χ0v) is 12.3. The summed E-state index contributed by atoms with van der Waals surface area (Å²) in [6.07, 6.45) is 3.36. The molecule has 3 atom stereocenters. The zero-order valence-electron chi connectivity index (χ0n) is 12.3. The fourth-order valence-electron chi connectivity index (χ4n) is 2.75. The van der Waals surface area contributed by atoms with Gasteiger partial charge in [-0.15, -0.1) is 0 Å². The Balaban J connectivity index is 2.33. The minimum atomic E-state index is -0.406. The molecule has 0 aromatic carbocycles. The molecule has 0 spiro atoms. The first kappa shape index (κ1) is 14.3. The van der Waals surface area contributed by atoms with Gasteiger partial charge in [0.1, 0.15) is 0 Å². The SMILES string of the molecule is CC1CN(c2ccncc2C(C)(C)C)CC(N)C1O. The van der Waals surface area contributed by atoms with E-state index in [-0.39, 0.29) is 17.4 Å². The maximum Gasteiger partial charge on any atom is 0.0750 e. The molecule has 1 aliphatic heterocycles. The maximum absolute atomic E-state index is 9.98. The van der Waals surface area contributed by atoms with Crippen LogP contribution in [0.1, 0.15) is 33.3 Å². The number of nitrogens with zero attached hydrogens (tertiary/aromatic N) is 2. The van der Waals surface area contributed by atoms with E-state index in [0.29, 0.717) is 6.54 Å². The normalized spacial score (nSPS) is 28.5. The molecule has 0 bridgehead atoms. The Hall–Kier alpha value is -1.13. The maximum atomic E-state index is 9.98. The third-order valence-electron chi connectivity index (χ3n) is 3.91. The standard InChI is InChI=1S/C15H25N3O/c1-10-8-18(9-12(16)14(10)19)13-5-6-17-7-11(13)15(2,3)4/h5-7,10,12,14,19H,8-9,16H2,1-4H3. The van der Waals surface area contributed by atoms with Gasteiger partial charge in [-0.3, -0.25) is 4.98 Å². The van der Waals surface area contributed by atoms with Crippen molar-refractivity contribution >= 4 is 5.69 Å². The van der Waals surface area contributed by atoms with Crippen molar-refractivity contribution < 1.29 is 5.11 Å². The molecule has 1 aliphatic rings. The van der Waals surface area contributed by atoms with Crippen molar-refractivity contribution in [3.8, 4) is 0 Å². The van der Waals surface area contributed by atoms with Crippen molar-refractivity contribution in [3.05, 3.63) is 24.0 Å². The van der Waals surface area contributed by atoms with Crippen molar-refractivity contribution in [2.75, 3.05) is 18.0 Å². The highest BCUT2D eigenvalue weighted by molar-refractivity contribution is 5.55. The van der Waals surface area contributed by atoms with Gasteiger partial charge in [0.2, 0.25) is 0 Å². The van der Waals surface area contributed by atoms with Crippen LogP contribution < -0.4 is 10.6 Å². The highest BCUT2D eigenvalue weighted by atomic mass is 16.3. The molecule has 1 fully saturated rings. The molecule has 0 amide bonds. The van der Waals surface area contributed by atoms with E-state index in [2.05, 4.69) is 43.6 Å². The molecule has 19 heavy (non-hydrogen) atoms. The molecule has 3 unspecified atom stereocenters. The smallest absolute Gasteiger partial charge is 0.0750 e. The van der Waals surface area contributed by atoms with Crippen molar-refractivity contribution in [2.45, 2.75) is 45.3 Å². The second kappa shape index (κ2) is 5.10. The predicted octanol–water partition coefficient (Wildman–Crippen LogP) is 1.52. The number of aliphatic hydroxyl groups is 1. The number of aliphatic hydroxyl groups excluding tert-OH is 1. The van der Waals surface area contributed by atoms with Crippen molar-refractivity contribution in [1.29, 1.82) is 0 Å². The lowest BCUT2D eigenvalue weighted by atomic mass is 9.85. The summed E-state index contributed by atoms with van der Waals surface area (Å²) in [5.74, 6) is 0.185. The highest BCUT2D eigenvalue weighted by Gasteiger charge is 2.32. The fourth-order valence-corrected chi connectivity index (χ4v) is 2.75. The molecular formula is C15H25N3O. The number of nitrogens with two attached hydrogens (primary N) is 1. The molecule has 1 aromatic heterocycles. The van der Waals surface area contributed by atoms with E-state index in [1.807, 2.05) is 12.4 Å². The summed E-state index contributed by atoms with van der Waals surface area (Å²) in [6.45, 7) is 10.1. The molecule has 1 aromatic rings. The van der Waals surface area contributed by atoms with Crippen LogP contribution in [0.5, 0.6) is 0 Å². The second-order valence-corrected chi connectivity index (χ2v) is 6.68. The Morgan fingerprint density at radius 1 is 1.37 bits per heavy atom. The second-order valence-electron chi connectivity index (χ2n) is 6.68. The largest absolute Gasteiger partial charge is 0.391 e. The third-order valence-corrected chi connectivity index (χ3v) is 3.91. The Labute approximate surface area is 115 Å². The van der Waals surface area contributed by atoms with E-state index in [9.17, 15) is 5.11 Å². The highest BCUT2D eigenvalue weighted by Crippen LogP contribution is 2.33. The predicted molar refractivity (Wildman–Crippen MR) is 78.3 cm³/mol. The van der Waals surface area contributed by atoms with E-state index in [1.54, 1.807) is 0 Å². The monoisotopic (exact) mass is 263 g/mol. The first-order valence-electron chi connectivity index (χ1n) is 6.94. The summed E-state index contributed by atoms with van der Waals surface area (Å²) in [5.41, 5.74) is 8.52. The molecule has 4 nitrogen and oxygen atoms in total. The molecule has 3 N–H and O–H groups in total.